The average Bonchev–Trinajstić information content (AvgIpc) is 2.89. The molecule has 18 heavy (non-hydrogen) atoms. The average molecular weight is 270 g/mol. The van der Waals surface area contributed by atoms with E-state index in [2.05, 4.69) is 5.16 Å². The largest absolute Gasteiger partial charge is 0.393 e. The highest BCUT2D eigenvalue weighted by Gasteiger charge is 2.26. The summed E-state index contributed by atoms with van der Waals surface area (Å²) in [5.41, 5.74) is 1.78. The Morgan fingerprint density at radius 2 is 2.22 bits per heavy atom. The van der Waals surface area contributed by atoms with E-state index in [1.54, 1.807) is 0 Å². The van der Waals surface area contributed by atoms with Gasteiger partial charge in [-0.1, -0.05) is 35.5 Å². The van der Waals surface area contributed by atoms with Gasteiger partial charge in [-0.15, -0.1) is 11.6 Å². The van der Waals surface area contributed by atoms with E-state index in [1.165, 1.54) is 0 Å². The van der Waals surface area contributed by atoms with Crippen LogP contribution in [0.15, 0.2) is 35.5 Å². The molecule has 0 saturated carbocycles. The first kappa shape index (κ1) is 13.3. The maximum absolute atomic E-state index is 9.33. The van der Waals surface area contributed by atoms with E-state index < -0.39 is 6.10 Å². The standard InChI is InChI=1S/C13H16ClNO3/c14-7-11-6-12(15-18-11)13(8-16)17-9-10-4-2-1-3-5-10/h1-5,11,13,16H,6-9H2/t11-,13+/m1/s1. The number of alkyl halides is 1. The smallest absolute Gasteiger partial charge is 0.146 e. The SMILES string of the molecule is OC[C@H](OCc1ccccc1)C1=NO[C@@H](CCl)C1. The van der Waals surface area contributed by atoms with Crippen LogP contribution in [-0.4, -0.2) is 35.5 Å². The Morgan fingerprint density at radius 3 is 2.83 bits per heavy atom. The van der Waals surface area contributed by atoms with Crippen LogP contribution in [0.25, 0.3) is 0 Å². The molecular formula is C13H16ClNO3. The lowest BCUT2D eigenvalue weighted by Gasteiger charge is -2.14. The molecule has 0 radical (unpaired) electrons. The summed E-state index contributed by atoms with van der Waals surface area (Å²) in [5.74, 6) is 0.393. The molecule has 1 N–H and O–H groups in total. The van der Waals surface area contributed by atoms with Crippen molar-refractivity contribution < 1.29 is 14.7 Å². The summed E-state index contributed by atoms with van der Waals surface area (Å²) in [5, 5.41) is 13.2. The first-order valence-corrected chi connectivity index (χ1v) is 6.42. The maximum atomic E-state index is 9.33. The van der Waals surface area contributed by atoms with E-state index in [4.69, 9.17) is 21.2 Å². The van der Waals surface area contributed by atoms with Gasteiger partial charge in [-0.25, -0.2) is 0 Å². The van der Waals surface area contributed by atoms with Gasteiger partial charge in [0.25, 0.3) is 0 Å². The number of ether oxygens (including phenoxy) is 1. The second kappa shape index (κ2) is 6.73. The van der Waals surface area contributed by atoms with Crippen molar-refractivity contribution in [1.82, 2.24) is 0 Å². The third-order valence-corrected chi connectivity index (χ3v) is 3.10. The molecular weight excluding hydrogens is 254 g/mol. The van der Waals surface area contributed by atoms with Gasteiger partial charge in [0.15, 0.2) is 0 Å². The van der Waals surface area contributed by atoms with Gasteiger partial charge in [0.2, 0.25) is 0 Å². The molecule has 0 aromatic heterocycles. The lowest BCUT2D eigenvalue weighted by molar-refractivity contribution is 0.0425. The lowest BCUT2D eigenvalue weighted by Crippen LogP contribution is -2.28. The molecule has 98 valence electrons. The fraction of sp³-hybridized carbons (Fsp3) is 0.462. The molecule has 2 atom stereocenters. The Hall–Kier alpha value is -1.10. The summed E-state index contributed by atoms with van der Waals surface area (Å²) in [6.45, 7) is 0.334. The minimum atomic E-state index is -0.418. The van der Waals surface area contributed by atoms with Gasteiger partial charge < -0.3 is 14.7 Å². The Kier molecular flexibility index (Phi) is 4.99. The number of rotatable bonds is 6. The summed E-state index contributed by atoms with van der Waals surface area (Å²) in [6, 6.07) is 9.80. The molecule has 0 bridgehead atoms. The molecule has 1 aromatic carbocycles. The molecule has 0 amide bonds. The molecule has 2 rings (SSSR count). The Labute approximate surface area is 111 Å². The van der Waals surface area contributed by atoms with Gasteiger partial charge in [0.1, 0.15) is 12.2 Å². The van der Waals surface area contributed by atoms with Gasteiger partial charge in [-0.2, -0.15) is 0 Å². The first-order valence-electron chi connectivity index (χ1n) is 5.88. The van der Waals surface area contributed by atoms with Gasteiger partial charge in [-0.3, -0.25) is 0 Å². The zero-order valence-corrected chi connectivity index (χ0v) is 10.7. The fourth-order valence-corrected chi connectivity index (χ4v) is 1.91. The Morgan fingerprint density at radius 1 is 1.44 bits per heavy atom. The van der Waals surface area contributed by atoms with Crippen molar-refractivity contribution in [3.8, 4) is 0 Å². The molecule has 0 saturated heterocycles. The highest BCUT2D eigenvalue weighted by molar-refractivity contribution is 6.18. The van der Waals surface area contributed by atoms with Crippen LogP contribution in [-0.2, 0) is 16.2 Å². The molecule has 1 heterocycles. The van der Waals surface area contributed by atoms with Crippen LogP contribution >= 0.6 is 11.6 Å². The number of hydrogen-bond donors (Lipinski definition) is 1. The van der Waals surface area contributed by atoms with Crippen molar-refractivity contribution >= 4 is 17.3 Å². The maximum Gasteiger partial charge on any atom is 0.146 e. The zero-order chi connectivity index (χ0) is 12.8. The highest BCUT2D eigenvalue weighted by atomic mass is 35.5. The van der Waals surface area contributed by atoms with Crippen LogP contribution in [0.2, 0.25) is 0 Å². The van der Waals surface area contributed by atoms with Gasteiger partial charge >= 0.3 is 0 Å². The normalized spacial score (nSPS) is 20.3. The van der Waals surface area contributed by atoms with Crippen LogP contribution in [0.3, 0.4) is 0 Å². The summed E-state index contributed by atoms with van der Waals surface area (Å²) in [7, 11) is 0. The minimum absolute atomic E-state index is 0.101. The molecule has 1 aromatic rings. The molecule has 1 aliphatic heterocycles. The van der Waals surface area contributed by atoms with Crippen LogP contribution in [0, 0.1) is 0 Å². The monoisotopic (exact) mass is 269 g/mol. The van der Waals surface area contributed by atoms with E-state index in [-0.39, 0.29) is 12.7 Å². The number of halogens is 1. The number of hydrogen-bond acceptors (Lipinski definition) is 4. The molecule has 0 aliphatic carbocycles. The van der Waals surface area contributed by atoms with Crippen molar-refractivity contribution in [2.24, 2.45) is 5.16 Å². The number of aliphatic hydroxyl groups is 1. The van der Waals surface area contributed by atoms with Gasteiger partial charge in [-0.05, 0) is 5.56 Å². The summed E-state index contributed by atoms with van der Waals surface area (Å²) < 4.78 is 5.65. The Bertz CT molecular complexity index is 396. The number of benzene rings is 1. The van der Waals surface area contributed by atoms with Crippen molar-refractivity contribution in [3.05, 3.63) is 35.9 Å². The molecule has 4 nitrogen and oxygen atoms in total. The number of nitrogens with zero attached hydrogens (tertiary/aromatic N) is 1. The van der Waals surface area contributed by atoms with Crippen LogP contribution in [0.1, 0.15) is 12.0 Å². The molecule has 5 heteroatoms. The van der Waals surface area contributed by atoms with Gasteiger partial charge in [0.05, 0.1) is 24.8 Å². The topological polar surface area (TPSA) is 51.0 Å². The van der Waals surface area contributed by atoms with Gasteiger partial charge in [0, 0.05) is 6.42 Å². The summed E-state index contributed by atoms with van der Waals surface area (Å²) >= 11 is 5.69. The third kappa shape index (κ3) is 3.45. The van der Waals surface area contributed by atoms with E-state index in [0.717, 1.165) is 11.3 Å². The van der Waals surface area contributed by atoms with Crippen LogP contribution in [0.4, 0.5) is 0 Å². The summed E-state index contributed by atoms with van der Waals surface area (Å²) in [4.78, 5) is 5.11. The number of oxime groups is 1. The van der Waals surface area contributed by atoms with Crippen molar-refractivity contribution in [3.63, 3.8) is 0 Å². The van der Waals surface area contributed by atoms with E-state index >= 15 is 0 Å². The second-order valence-electron chi connectivity index (χ2n) is 4.14. The van der Waals surface area contributed by atoms with Crippen LogP contribution in [0.5, 0.6) is 0 Å². The molecule has 0 unspecified atom stereocenters. The highest BCUT2D eigenvalue weighted by Crippen LogP contribution is 2.16. The molecule has 0 spiro atoms. The predicted molar refractivity (Wildman–Crippen MR) is 69.7 cm³/mol. The summed E-state index contributed by atoms with van der Waals surface area (Å²) in [6.07, 6.45) is 0.0956. The van der Waals surface area contributed by atoms with E-state index in [9.17, 15) is 5.11 Å². The number of aliphatic hydroxyl groups excluding tert-OH is 1. The van der Waals surface area contributed by atoms with E-state index in [0.29, 0.717) is 18.9 Å². The van der Waals surface area contributed by atoms with Crippen molar-refractivity contribution in [2.45, 2.75) is 25.2 Å². The first-order chi connectivity index (χ1) is 8.83. The van der Waals surface area contributed by atoms with Crippen LogP contribution < -0.4 is 0 Å². The third-order valence-electron chi connectivity index (χ3n) is 2.76. The second-order valence-corrected chi connectivity index (χ2v) is 4.44. The van der Waals surface area contributed by atoms with E-state index in [1.807, 2.05) is 30.3 Å². The zero-order valence-electron chi connectivity index (χ0n) is 9.96. The van der Waals surface area contributed by atoms with Crippen molar-refractivity contribution in [2.75, 3.05) is 12.5 Å². The lowest BCUT2D eigenvalue weighted by atomic mass is 10.1. The fourth-order valence-electron chi connectivity index (χ4n) is 1.75. The van der Waals surface area contributed by atoms with Crippen molar-refractivity contribution in [1.29, 1.82) is 0 Å². The predicted octanol–water partition coefficient (Wildman–Crippen LogP) is 1.95. The molecule has 0 fully saturated rings. The molecule has 1 aliphatic rings. The quantitative estimate of drug-likeness (QED) is 0.803. The minimum Gasteiger partial charge on any atom is -0.393 e. The Balaban J connectivity index is 1.87.